The fourth-order valence-electron chi connectivity index (χ4n) is 4.51. The van der Waals surface area contributed by atoms with Gasteiger partial charge in [0.05, 0.1) is 19.1 Å². The molecule has 2 amide bonds. The van der Waals surface area contributed by atoms with Crippen LogP contribution in [0.3, 0.4) is 0 Å². The largest absolute Gasteiger partial charge is 0.468 e. The van der Waals surface area contributed by atoms with Crippen molar-refractivity contribution in [1.82, 2.24) is 14.5 Å². The fourth-order valence-corrected chi connectivity index (χ4v) is 4.51. The van der Waals surface area contributed by atoms with E-state index in [0.29, 0.717) is 18.5 Å². The van der Waals surface area contributed by atoms with Gasteiger partial charge in [0.25, 0.3) is 0 Å². The number of hydrogen-bond donors (Lipinski definition) is 0. The average Bonchev–Trinajstić information content (AvgIpc) is 3.36. The van der Waals surface area contributed by atoms with Crippen LogP contribution < -0.4 is 0 Å². The Morgan fingerprint density at radius 1 is 1.05 bits per heavy atom. The smallest absolute Gasteiger partial charge is 0.419 e. The topological polar surface area (TPSA) is 100.0 Å². The van der Waals surface area contributed by atoms with Gasteiger partial charge in [-0.05, 0) is 78.4 Å². The minimum atomic E-state index is -0.864. The SMILES string of the molecule is COC(=O)C1(c2cn(-c3ccccc3)cn2)CC1C(C)CCN(C(=O)OC(C)(C)C)C(=O)OC(C)(C)C. The Morgan fingerprint density at radius 2 is 1.62 bits per heavy atom. The van der Waals surface area contributed by atoms with E-state index in [0.717, 1.165) is 10.6 Å². The summed E-state index contributed by atoms with van der Waals surface area (Å²) in [6.07, 6.45) is 3.08. The molecule has 202 valence electrons. The molecular weight excluding hydrogens is 474 g/mol. The molecule has 0 aliphatic heterocycles. The third-order valence-corrected chi connectivity index (χ3v) is 6.38. The van der Waals surface area contributed by atoms with Crippen LogP contribution in [0.1, 0.15) is 67.0 Å². The zero-order valence-corrected chi connectivity index (χ0v) is 23.1. The number of imide groups is 1. The first-order valence-electron chi connectivity index (χ1n) is 12.6. The standard InChI is InChI=1S/C28H39N3O6/c1-19(14-15-31(24(33)36-26(2,3)4)25(34)37-27(5,6)7)21-16-28(21,23(32)35-8)22-17-30(18-29-22)20-12-10-9-11-13-20/h9-13,17-19,21H,14-16H2,1-8H3. The van der Waals surface area contributed by atoms with Crippen LogP contribution in [-0.2, 0) is 24.4 Å². The maximum absolute atomic E-state index is 13.0. The van der Waals surface area contributed by atoms with Gasteiger partial charge in [-0.1, -0.05) is 25.1 Å². The van der Waals surface area contributed by atoms with Crippen molar-refractivity contribution >= 4 is 18.2 Å². The lowest BCUT2D eigenvalue weighted by atomic mass is 9.91. The molecule has 9 heteroatoms. The van der Waals surface area contributed by atoms with Crippen molar-refractivity contribution in [3.05, 3.63) is 48.5 Å². The number of benzene rings is 1. The van der Waals surface area contributed by atoms with Gasteiger partial charge in [0.2, 0.25) is 0 Å². The minimum absolute atomic E-state index is 0.0200. The molecule has 0 saturated heterocycles. The maximum atomic E-state index is 13.0. The summed E-state index contributed by atoms with van der Waals surface area (Å²) in [5, 5.41) is 0. The monoisotopic (exact) mass is 513 g/mol. The summed E-state index contributed by atoms with van der Waals surface area (Å²) in [5.41, 5.74) is -0.807. The second-order valence-corrected chi connectivity index (χ2v) is 11.7. The van der Waals surface area contributed by atoms with Gasteiger partial charge in [-0.3, -0.25) is 4.79 Å². The Bertz CT molecular complexity index is 1090. The summed E-state index contributed by atoms with van der Waals surface area (Å²) >= 11 is 0. The van der Waals surface area contributed by atoms with Gasteiger partial charge in [-0.25, -0.2) is 19.5 Å². The van der Waals surface area contributed by atoms with E-state index in [1.807, 2.05) is 48.0 Å². The molecule has 0 radical (unpaired) electrons. The lowest BCUT2D eigenvalue weighted by molar-refractivity contribution is -0.144. The number of rotatable bonds is 7. The zero-order valence-electron chi connectivity index (χ0n) is 23.1. The summed E-state index contributed by atoms with van der Waals surface area (Å²) in [7, 11) is 1.38. The van der Waals surface area contributed by atoms with E-state index < -0.39 is 28.8 Å². The lowest BCUT2D eigenvalue weighted by Gasteiger charge is -2.29. The quantitative estimate of drug-likeness (QED) is 0.356. The molecular formula is C28H39N3O6. The number of carbonyl (C=O) groups is 3. The molecule has 2 aromatic rings. The second kappa shape index (κ2) is 10.6. The predicted octanol–water partition coefficient (Wildman–Crippen LogP) is 5.50. The highest BCUT2D eigenvalue weighted by Crippen LogP contribution is 2.59. The lowest BCUT2D eigenvalue weighted by Crippen LogP contribution is -2.44. The first kappa shape index (κ1) is 28.2. The highest BCUT2D eigenvalue weighted by Gasteiger charge is 2.65. The molecule has 0 N–H and O–H groups in total. The Hall–Kier alpha value is -3.36. The number of nitrogens with zero attached hydrogens (tertiary/aromatic N) is 3. The molecule has 0 spiro atoms. The summed E-state index contributed by atoms with van der Waals surface area (Å²) in [6.45, 7) is 12.5. The van der Waals surface area contributed by atoms with Gasteiger partial charge in [0.15, 0.2) is 0 Å². The van der Waals surface area contributed by atoms with Crippen LogP contribution in [-0.4, -0.2) is 57.5 Å². The van der Waals surface area contributed by atoms with E-state index in [1.165, 1.54) is 7.11 Å². The molecule has 3 unspecified atom stereocenters. The van der Waals surface area contributed by atoms with Crippen LogP contribution in [0.15, 0.2) is 42.9 Å². The molecule has 3 atom stereocenters. The van der Waals surface area contributed by atoms with Crippen LogP contribution >= 0.6 is 0 Å². The minimum Gasteiger partial charge on any atom is -0.468 e. The van der Waals surface area contributed by atoms with Gasteiger partial charge in [-0.2, -0.15) is 0 Å². The highest BCUT2D eigenvalue weighted by atomic mass is 16.6. The molecule has 1 aromatic heterocycles. The average molecular weight is 514 g/mol. The van der Waals surface area contributed by atoms with E-state index in [-0.39, 0.29) is 24.3 Å². The molecule has 37 heavy (non-hydrogen) atoms. The number of ether oxygens (including phenoxy) is 3. The number of methoxy groups -OCH3 is 1. The van der Waals surface area contributed by atoms with Crippen molar-refractivity contribution in [2.24, 2.45) is 11.8 Å². The number of imidazole rings is 1. The molecule has 1 aromatic carbocycles. The molecule has 3 rings (SSSR count). The predicted molar refractivity (Wildman–Crippen MR) is 138 cm³/mol. The van der Waals surface area contributed by atoms with E-state index in [4.69, 9.17) is 14.2 Å². The molecule has 1 aliphatic rings. The Balaban J connectivity index is 1.77. The van der Waals surface area contributed by atoms with Gasteiger partial charge >= 0.3 is 18.2 Å². The van der Waals surface area contributed by atoms with Crippen molar-refractivity contribution in [2.75, 3.05) is 13.7 Å². The van der Waals surface area contributed by atoms with E-state index in [9.17, 15) is 14.4 Å². The molecule has 1 aliphatic carbocycles. The zero-order chi connectivity index (χ0) is 27.6. The van der Waals surface area contributed by atoms with Gasteiger partial charge in [0.1, 0.15) is 16.6 Å². The second-order valence-electron chi connectivity index (χ2n) is 11.7. The Kier molecular flexibility index (Phi) is 8.05. The Morgan fingerprint density at radius 3 is 2.14 bits per heavy atom. The van der Waals surface area contributed by atoms with Crippen LogP contribution in [0.4, 0.5) is 9.59 Å². The van der Waals surface area contributed by atoms with E-state index in [1.54, 1.807) is 47.9 Å². The first-order valence-corrected chi connectivity index (χ1v) is 12.6. The summed E-state index contributed by atoms with van der Waals surface area (Å²) in [4.78, 5) is 44.2. The summed E-state index contributed by atoms with van der Waals surface area (Å²) in [6, 6.07) is 9.74. The van der Waals surface area contributed by atoms with Gasteiger partial charge in [0, 0.05) is 18.4 Å². The number of aromatic nitrogens is 2. The third kappa shape index (κ3) is 6.70. The maximum Gasteiger partial charge on any atom is 0.419 e. The van der Waals surface area contributed by atoms with E-state index >= 15 is 0 Å². The third-order valence-electron chi connectivity index (χ3n) is 6.38. The van der Waals surface area contributed by atoms with Crippen LogP contribution in [0.25, 0.3) is 5.69 Å². The normalized spacial score (nSPS) is 20.1. The number of para-hydroxylation sites is 1. The first-order chi connectivity index (χ1) is 17.2. The molecule has 9 nitrogen and oxygen atoms in total. The van der Waals surface area contributed by atoms with Gasteiger partial charge < -0.3 is 18.8 Å². The summed E-state index contributed by atoms with van der Waals surface area (Å²) < 4.78 is 18.0. The molecule has 1 saturated carbocycles. The number of hydrogen-bond acceptors (Lipinski definition) is 7. The van der Waals surface area contributed by atoms with Crippen molar-refractivity contribution in [3.8, 4) is 5.69 Å². The highest BCUT2D eigenvalue weighted by molar-refractivity contribution is 5.88. The number of carbonyl (C=O) groups excluding carboxylic acids is 3. The summed E-state index contributed by atoms with van der Waals surface area (Å²) in [5.74, 6) is -0.412. The number of amides is 2. The van der Waals surface area contributed by atoms with Crippen molar-refractivity contribution in [1.29, 1.82) is 0 Å². The number of esters is 1. The Labute approximate surface area is 219 Å². The van der Waals surface area contributed by atoms with Crippen LogP contribution in [0.2, 0.25) is 0 Å². The molecule has 0 bridgehead atoms. The van der Waals surface area contributed by atoms with Crippen molar-refractivity contribution in [2.45, 2.75) is 77.9 Å². The van der Waals surface area contributed by atoms with Crippen LogP contribution in [0.5, 0.6) is 0 Å². The van der Waals surface area contributed by atoms with E-state index in [2.05, 4.69) is 4.98 Å². The van der Waals surface area contributed by atoms with Crippen LogP contribution in [0, 0.1) is 11.8 Å². The van der Waals surface area contributed by atoms with Gasteiger partial charge in [-0.15, -0.1) is 0 Å². The van der Waals surface area contributed by atoms with Crippen molar-refractivity contribution in [3.63, 3.8) is 0 Å². The van der Waals surface area contributed by atoms with Crippen molar-refractivity contribution < 1.29 is 28.6 Å². The fraction of sp³-hybridized carbons (Fsp3) is 0.571. The molecule has 1 heterocycles. The molecule has 1 fully saturated rings.